The number of hydrogen-bond acceptors (Lipinski definition) is 4. The lowest BCUT2D eigenvalue weighted by Gasteiger charge is -2.15. The fraction of sp³-hybridized carbons (Fsp3) is 0.240. The second kappa shape index (κ2) is 11.0. The van der Waals surface area contributed by atoms with Crippen LogP contribution in [-0.4, -0.2) is 19.6 Å². The van der Waals surface area contributed by atoms with Gasteiger partial charge in [0.1, 0.15) is 0 Å². The number of carbonyl (C=O) groups excluding carboxylic acids is 1. The molecule has 3 aromatic rings. The fourth-order valence-corrected chi connectivity index (χ4v) is 3.96. The summed E-state index contributed by atoms with van der Waals surface area (Å²) < 4.78 is 12.2. The second-order valence-corrected chi connectivity index (χ2v) is 8.38. The number of ether oxygens (including phenoxy) is 2. The van der Waals surface area contributed by atoms with E-state index >= 15 is 0 Å². The molecule has 0 saturated carbocycles. The number of aryl methyl sites for hydroxylation is 2. The van der Waals surface area contributed by atoms with Crippen LogP contribution in [0.15, 0.2) is 60.7 Å². The van der Waals surface area contributed by atoms with Crippen molar-refractivity contribution >= 4 is 39.9 Å². The van der Waals surface area contributed by atoms with E-state index in [0.717, 1.165) is 32.5 Å². The van der Waals surface area contributed by atoms with E-state index in [1.165, 1.54) is 5.56 Å². The molecule has 0 unspecified atom stereocenters. The van der Waals surface area contributed by atoms with E-state index in [-0.39, 0.29) is 12.5 Å². The smallest absolute Gasteiger partial charge is 0.262 e. The molecule has 0 aliphatic rings. The van der Waals surface area contributed by atoms with Gasteiger partial charge in [0.25, 0.3) is 5.91 Å². The molecule has 6 heteroatoms. The standard InChI is InChI=1S/C25H27IN2O3/c1-4-18-8-10-20(11-9-18)27-15-19-13-22(26)25(23(14-19)30-3)31-16-24(29)28-21-7-5-6-17(2)12-21/h5-14,27H,4,15-16H2,1-3H3,(H,28,29). The summed E-state index contributed by atoms with van der Waals surface area (Å²) in [6, 6.07) is 20.1. The zero-order valence-corrected chi connectivity index (χ0v) is 20.2. The average molecular weight is 530 g/mol. The summed E-state index contributed by atoms with van der Waals surface area (Å²) in [6.45, 7) is 4.69. The van der Waals surface area contributed by atoms with Gasteiger partial charge in [0.2, 0.25) is 0 Å². The predicted molar refractivity (Wildman–Crippen MR) is 134 cm³/mol. The molecular weight excluding hydrogens is 503 g/mol. The van der Waals surface area contributed by atoms with E-state index in [1.807, 2.05) is 43.3 Å². The number of methoxy groups -OCH3 is 1. The second-order valence-electron chi connectivity index (χ2n) is 7.22. The number of benzene rings is 3. The van der Waals surface area contributed by atoms with Crippen molar-refractivity contribution < 1.29 is 14.3 Å². The first-order valence-electron chi connectivity index (χ1n) is 10.2. The summed E-state index contributed by atoms with van der Waals surface area (Å²) in [5, 5.41) is 6.28. The summed E-state index contributed by atoms with van der Waals surface area (Å²) in [4.78, 5) is 12.3. The molecule has 0 bridgehead atoms. The molecule has 0 atom stereocenters. The Morgan fingerprint density at radius 2 is 1.77 bits per heavy atom. The van der Waals surface area contributed by atoms with E-state index in [9.17, 15) is 4.79 Å². The SMILES string of the molecule is CCc1ccc(NCc2cc(I)c(OCC(=O)Nc3cccc(C)c3)c(OC)c2)cc1. The normalized spacial score (nSPS) is 10.5. The molecule has 3 aromatic carbocycles. The van der Waals surface area contributed by atoms with Crippen molar-refractivity contribution in [2.45, 2.75) is 26.8 Å². The molecule has 0 heterocycles. The highest BCUT2D eigenvalue weighted by Gasteiger charge is 2.14. The molecule has 2 N–H and O–H groups in total. The maximum absolute atomic E-state index is 12.3. The lowest BCUT2D eigenvalue weighted by molar-refractivity contribution is -0.118. The fourth-order valence-electron chi connectivity index (χ4n) is 3.14. The van der Waals surface area contributed by atoms with Crippen LogP contribution in [0.1, 0.15) is 23.6 Å². The van der Waals surface area contributed by atoms with Crippen LogP contribution in [-0.2, 0) is 17.8 Å². The van der Waals surface area contributed by atoms with Crippen LogP contribution in [0.3, 0.4) is 0 Å². The van der Waals surface area contributed by atoms with Gasteiger partial charge in [-0.2, -0.15) is 0 Å². The van der Waals surface area contributed by atoms with Crippen LogP contribution < -0.4 is 20.1 Å². The molecule has 0 fully saturated rings. The van der Waals surface area contributed by atoms with Crippen molar-refractivity contribution in [3.8, 4) is 11.5 Å². The summed E-state index contributed by atoms with van der Waals surface area (Å²) in [5.41, 5.74) is 5.29. The molecule has 0 aliphatic heterocycles. The Kier molecular flexibility index (Phi) is 8.17. The van der Waals surface area contributed by atoms with Gasteiger partial charge in [-0.25, -0.2) is 0 Å². The lowest BCUT2D eigenvalue weighted by atomic mass is 10.1. The third kappa shape index (κ3) is 6.62. The van der Waals surface area contributed by atoms with E-state index in [4.69, 9.17) is 9.47 Å². The Morgan fingerprint density at radius 1 is 1.00 bits per heavy atom. The zero-order chi connectivity index (χ0) is 22.2. The molecule has 0 aliphatic carbocycles. The van der Waals surface area contributed by atoms with Crippen molar-refractivity contribution in [2.24, 2.45) is 0 Å². The van der Waals surface area contributed by atoms with Gasteiger partial charge in [-0.05, 0) is 89.0 Å². The number of amides is 1. The van der Waals surface area contributed by atoms with Gasteiger partial charge in [-0.3, -0.25) is 4.79 Å². The Morgan fingerprint density at radius 3 is 2.45 bits per heavy atom. The molecule has 5 nitrogen and oxygen atoms in total. The van der Waals surface area contributed by atoms with Crippen molar-refractivity contribution in [3.05, 3.63) is 80.9 Å². The van der Waals surface area contributed by atoms with Crippen LogP contribution in [0, 0.1) is 10.5 Å². The van der Waals surface area contributed by atoms with Gasteiger partial charge in [0.15, 0.2) is 18.1 Å². The average Bonchev–Trinajstić information content (AvgIpc) is 2.77. The molecule has 31 heavy (non-hydrogen) atoms. The Bertz CT molecular complexity index is 1040. The van der Waals surface area contributed by atoms with Gasteiger partial charge in [0.05, 0.1) is 10.7 Å². The summed E-state index contributed by atoms with van der Waals surface area (Å²) in [6.07, 6.45) is 1.03. The van der Waals surface area contributed by atoms with Gasteiger partial charge in [-0.1, -0.05) is 31.2 Å². The zero-order valence-electron chi connectivity index (χ0n) is 18.0. The predicted octanol–water partition coefficient (Wildman–Crippen LogP) is 5.80. The number of hydrogen-bond donors (Lipinski definition) is 2. The van der Waals surface area contributed by atoms with Crippen LogP contribution in [0.4, 0.5) is 11.4 Å². The molecule has 0 radical (unpaired) electrons. The number of halogens is 1. The van der Waals surface area contributed by atoms with Gasteiger partial charge in [-0.15, -0.1) is 0 Å². The number of anilines is 2. The molecule has 0 aromatic heterocycles. The topological polar surface area (TPSA) is 59.6 Å². The minimum Gasteiger partial charge on any atom is -0.493 e. The monoisotopic (exact) mass is 530 g/mol. The maximum atomic E-state index is 12.3. The third-order valence-electron chi connectivity index (χ3n) is 4.80. The summed E-state index contributed by atoms with van der Waals surface area (Å²) in [5.74, 6) is 0.955. The van der Waals surface area contributed by atoms with Crippen LogP contribution in [0.2, 0.25) is 0 Å². The Labute approximate surface area is 197 Å². The van der Waals surface area contributed by atoms with Crippen LogP contribution in [0.5, 0.6) is 11.5 Å². The number of carbonyl (C=O) groups is 1. The quantitative estimate of drug-likeness (QED) is 0.344. The summed E-state index contributed by atoms with van der Waals surface area (Å²) >= 11 is 2.21. The first kappa shape index (κ1) is 22.9. The lowest BCUT2D eigenvalue weighted by Crippen LogP contribution is -2.20. The molecule has 162 valence electrons. The highest BCUT2D eigenvalue weighted by molar-refractivity contribution is 14.1. The first-order valence-corrected chi connectivity index (χ1v) is 11.2. The Hall–Kier alpha value is -2.74. The third-order valence-corrected chi connectivity index (χ3v) is 5.60. The first-order chi connectivity index (χ1) is 15.0. The van der Waals surface area contributed by atoms with Crippen molar-refractivity contribution in [1.29, 1.82) is 0 Å². The van der Waals surface area contributed by atoms with Gasteiger partial charge < -0.3 is 20.1 Å². The minimum absolute atomic E-state index is 0.0956. The number of rotatable bonds is 9. The van der Waals surface area contributed by atoms with E-state index in [0.29, 0.717) is 18.0 Å². The highest BCUT2D eigenvalue weighted by atomic mass is 127. The maximum Gasteiger partial charge on any atom is 0.262 e. The van der Waals surface area contributed by atoms with Crippen molar-refractivity contribution in [1.82, 2.24) is 0 Å². The van der Waals surface area contributed by atoms with E-state index in [1.54, 1.807) is 7.11 Å². The van der Waals surface area contributed by atoms with Crippen LogP contribution >= 0.6 is 22.6 Å². The van der Waals surface area contributed by atoms with Crippen molar-refractivity contribution in [3.63, 3.8) is 0 Å². The van der Waals surface area contributed by atoms with Crippen molar-refractivity contribution in [2.75, 3.05) is 24.4 Å². The van der Waals surface area contributed by atoms with Gasteiger partial charge >= 0.3 is 0 Å². The summed E-state index contributed by atoms with van der Waals surface area (Å²) in [7, 11) is 1.60. The molecule has 3 rings (SSSR count). The number of nitrogens with one attached hydrogen (secondary N) is 2. The molecular formula is C25H27IN2O3. The molecule has 0 saturated heterocycles. The van der Waals surface area contributed by atoms with Gasteiger partial charge in [0, 0.05) is 17.9 Å². The minimum atomic E-state index is -0.218. The van der Waals surface area contributed by atoms with E-state index < -0.39 is 0 Å². The molecule has 1 amide bonds. The largest absolute Gasteiger partial charge is 0.493 e. The Balaban J connectivity index is 1.62. The highest BCUT2D eigenvalue weighted by Crippen LogP contribution is 2.34. The van der Waals surface area contributed by atoms with Crippen LogP contribution in [0.25, 0.3) is 0 Å². The molecule has 0 spiro atoms. The van der Waals surface area contributed by atoms with E-state index in [2.05, 4.69) is 64.4 Å².